The molecule has 2 unspecified atom stereocenters. The van der Waals surface area contributed by atoms with E-state index in [-0.39, 0.29) is 31.1 Å². The van der Waals surface area contributed by atoms with Crippen molar-refractivity contribution in [3.63, 3.8) is 0 Å². The summed E-state index contributed by atoms with van der Waals surface area (Å²) in [5.41, 5.74) is -2.30. The SMILES string of the molecule is CS(=O)(=O)N1CCC(OCc2cc(C(F)(F)F)cc(C(F)(F)F)c2)C(c2ccccc2)C1. The molecule has 32 heavy (non-hydrogen) atoms. The topological polar surface area (TPSA) is 46.6 Å². The van der Waals surface area contributed by atoms with E-state index in [1.165, 1.54) is 4.31 Å². The van der Waals surface area contributed by atoms with Crippen molar-refractivity contribution in [2.45, 2.75) is 37.4 Å². The molecule has 2 atom stereocenters. The lowest BCUT2D eigenvalue weighted by atomic mass is 9.89. The second kappa shape index (κ2) is 9.03. The molecule has 0 N–H and O–H groups in total. The van der Waals surface area contributed by atoms with Crippen LogP contribution in [0.5, 0.6) is 0 Å². The Kier molecular flexibility index (Phi) is 6.92. The monoisotopic (exact) mass is 481 g/mol. The van der Waals surface area contributed by atoms with E-state index in [1.54, 1.807) is 30.3 Å². The molecule has 176 valence electrons. The van der Waals surface area contributed by atoms with Crippen LogP contribution in [0.3, 0.4) is 0 Å². The minimum Gasteiger partial charge on any atom is -0.373 e. The van der Waals surface area contributed by atoms with Crippen LogP contribution in [-0.4, -0.2) is 38.2 Å². The molecule has 2 aromatic carbocycles. The zero-order valence-corrected chi connectivity index (χ0v) is 17.8. The van der Waals surface area contributed by atoms with Crippen LogP contribution < -0.4 is 0 Å². The van der Waals surface area contributed by atoms with Crippen molar-refractivity contribution >= 4 is 10.0 Å². The second-order valence-electron chi connectivity index (χ2n) is 7.69. The summed E-state index contributed by atoms with van der Waals surface area (Å²) in [5.74, 6) is -0.424. The van der Waals surface area contributed by atoms with Crippen molar-refractivity contribution in [2.24, 2.45) is 0 Å². The van der Waals surface area contributed by atoms with Crippen LogP contribution in [0.1, 0.15) is 34.6 Å². The molecule has 1 heterocycles. The van der Waals surface area contributed by atoms with E-state index in [0.717, 1.165) is 11.8 Å². The number of hydrogen-bond acceptors (Lipinski definition) is 3. The normalized spacial score (nSPS) is 21.0. The first-order chi connectivity index (χ1) is 14.7. The summed E-state index contributed by atoms with van der Waals surface area (Å²) in [7, 11) is -3.47. The molecule has 0 spiro atoms. The van der Waals surface area contributed by atoms with Gasteiger partial charge in [0.1, 0.15) is 0 Å². The van der Waals surface area contributed by atoms with Crippen molar-refractivity contribution in [3.05, 3.63) is 70.8 Å². The number of hydrogen-bond donors (Lipinski definition) is 0. The number of alkyl halides is 6. The van der Waals surface area contributed by atoms with Gasteiger partial charge in [-0.15, -0.1) is 0 Å². The minimum absolute atomic E-state index is 0.0703. The Morgan fingerprint density at radius 3 is 2.03 bits per heavy atom. The van der Waals surface area contributed by atoms with Gasteiger partial charge in [0, 0.05) is 19.0 Å². The number of nitrogens with zero attached hydrogens (tertiary/aromatic N) is 1. The van der Waals surface area contributed by atoms with E-state index in [0.29, 0.717) is 12.1 Å². The zero-order chi connectivity index (χ0) is 23.7. The van der Waals surface area contributed by atoms with Gasteiger partial charge in [-0.1, -0.05) is 30.3 Å². The lowest BCUT2D eigenvalue weighted by Gasteiger charge is -2.37. The second-order valence-corrected chi connectivity index (χ2v) is 9.67. The molecular formula is C21H21F6NO3S. The lowest BCUT2D eigenvalue weighted by Crippen LogP contribution is -2.45. The molecule has 0 aromatic heterocycles. The fourth-order valence-electron chi connectivity index (χ4n) is 3.73. The number of rotatable bonds is 5. The van der Waals surface area contributed by atoms with Crippen molar-refractivity contribution in [2.75, 3.05) is 19.3 Å². The van der Waals surface area contributed by atoms with Gasteiger partial charge in [0.15, 0.2) is 0 Å². The van der Waals surface area contributed by atoms with Gasteiger partial charge in [0.05, 0.1) is 30.1 Å². The van der Waals surface area contributed by atoms with E-state index >= 15 is 0 Å². The zero-order valence-electron chi connectivity index (χ0n) is 16.9. The maximum Gasteiger partial charge on any atom is 0.416 e. The molecular weight excluding hydrogens is 460 g/mol. The number of ether oxygens (including phenoxy) is 1. The van der Waals surface area contributed by atoms with E-state index in [1.807, 2.05) is 0 Å². The third-order valence-electron chi connectivity index (χ3n) is 5.32. The van der Waals surface area contributed by atoms with E-state index in [2.05, 4.69) is 0 Å². The highest BCUT2D eigenvalue weighted by atomic mass is 32.2. The summed E-state index contributed by atoms with van der Waals surface area (Å²) >= 11 is 0. The highest BCUT2D eigenvalue weighted by Gasteiger charge is 2.38. The van der Waals surface area contributed by atoms with Crippen molar-refractivity contribution in [3.8, 4) is 0 Å². The summed E-state index contributed by atoms with van der Waals surface area (Å²) in [5, 5.41) is 0. The summed E-state index contributed by atoms with van der Waals surface area (Å²) in [6.45, 7) is -0.229. The maximum absolute atomic E-state index is 13.1. The molecule has 11 heteroatoms. The molecule has 1 aliphatic rings. The molecule has 0 aliphatic carbocycles. The average molecular weight is 481 g/mol. The van der Waals surface area contributed by atoms with Gasteiger partial charge in [0.2, 0.25) is 10.0 Å². The molecule has 0 amide bonds. The molecule has 4 nitrogen and oxygen atoms in total. The number of piperidine rings is 1. The standard InChI is InChI=1S/C21H21F6NO3S/c1-32(29,30)28-8-7-19(18(12-28)15-5-3-2-4-6-15)31-13-14-9-16(20(22,23)24)11-17(10-14)21(25,26)27/h2-6,9-11,18-19H,7-8,12-13H2,1H3. The number of halogens is 6. The van der Waals surface area contributed by atoms with Gasteiger partial charge in [-0.2, -0.15) is 26.3 Å². The molecule has 0 saturated carbocycles. The molecule has 0 radical (unpaired) electrons. The maximum atomic E-state index is 13.1. The number of sulfonamides is 1. The highest BCUT2D eigenvalue weighted by Crippen LogP contribution is 2.37. The molecule has 1 saturated heterocycles. The van der Waals surface area contributed by atoms with Gasteiger partial charge in [0.25, 0.3) is 0 Å². The molecule has 3 rings (SSSR count). The van der Waals surface area contributed by atoms with Crippen LogP contribution in [0, 0.1) is 0 Å². The van der Waals surface area contributed by atoms with Crippen LogP contribution in [0.4, 0.5) is 26.3 Å². The fraction of sp³-hybridized carbons (Fsp3) is 0.429. The summed E-state index contributed by atoms with van der Waals surface area (Å²) in [4.78, 5) is 0. The predicted octanol–water partition coefficient (Wildman–Crippen LogP) is 5.06. The largest absolute Gasteiger partial charge is 0.416 e. The van der Waals surface area contributed by atoms with Crippen LogP contribution in [0.15, 0.2) is 48.5 Å². The Morgan fingerprint density at radius 1 is 0.969 bits per heavy atom. The Morgan fingerprint density at radius 2 is 1.53 bits per heavy atom. The molecule has 0 bridgehead atoms. The Labute approximate surface area is 181 Å². The first kappa shape index (κ1) is 24.5. The lowest BCUT2D eigenvalue weighted by molar-refractivity contribution is -0.143. The predicted molar refractivity (Wildman–Crippen MR) is 105 cm³/mol. The van der Waals surface area contributed by atoms with E-state index in [4.69, 9.17) is 4.74 Å². The van der Waals surface area contributed by atoms with Gasteiger partial charge < -0.3 is 4.74 Å². The van der Waals surface area contributed by atoms with Gasteiger partial charge >= 0.3 is 12.4 Å². The fourth-order valence-corrected chi connectivity index (χ4v) is 4.60. The Balaban J connectivity index is 1.86. The van der Waals surface area contributed by atoms with Crippen LogP contribution in [0.2, 0.25) is 0 Å². The average Bonchev–Trinajstić information content (AvgIpc) is 2.70. The van der Waals surface area contributed by atoms with Crippen LogP contribution >= 0.6 is 0 Å². The van der Waals surface area contributed by atoms with Crippen molar-refractivity contribution in [1.29, 1.82) is 0 Å². The first-order valence-electron chi connectivity index (χ1n) is 9.65. The minimum atomic E-state index is -4.94. The molecule has 2 aromatic rings. The molecule has 1 aliphatic heterocycles. The van der Waals surface area contributed by atoms with Crippen molar-refractivity contribution in [1.82, 2.24) is 4.31 Å². The van der Waals surface area contributed by atoms with Crippen molar-refractivity contribution < 1.29 is 39.5 Å². The Bertz CT molecular complexity index is 1010. The summed E-state index contributed by atoms with van der Waals surface area (Å²) in [6.07, 6.45) is -9.14. The van der Waals surface area contributed by atoms with Gasteiger partial charge in [-0.25, -0.2) is 12.7 Å². The number of benzene rings is 2. The third-order valence-corrected chi connectivity index (χ3v) is 6.59. The Hall–Kier alpha value is -2.11. The smallest absolute Gasteiger partial charge is 0.373 e. The summed E-state index contributed by atoms with van der Waals surface area (Å²) < 4.78 is 110. The van der Waals surface area contributed by atoms with E-state index in [9.17, 15) is 34.8 Å². The van der Waals surface area contributed by atoms with Gasteiger partial charge in [-0.05, 0) is 35.7 Å². The summed E-state index contributed by atoms with van der Waals surface area (Å²) in [6, 6.07) is 10.2. The van der Waals surface area contributed by atoms with Crippen LogP contribution in [0.25, 0.3) is 0 Å². The third kappa shape index (κ3) is 6.02. The first-order valence-corrected chi connectivity index (χ1v) is 11.5. The van der Waals surface area contributed by atoms with Gasteiger partial charge in [-0.3, -0.25) is 0 Å². The quantitative estimate of drug-likeness (QED) is 0.561. The van der Waals surface area contributed by atoms with Crippen LogP contribution in [-0.2, 0) is 33.7 Å². The highest BCUT2D eigenvalue weighted by molar-refractivity contribution is 7.88. The van der Waals surface area contributed by atoms with E-state index < -0.39 is 52.1 Å². The molecule has 1 fully saturated rings.